The predicted molar refractivity (Wildman–Crippen MR) is 129 cm³/mol. The number of esters is 1. The largest absolute Gasteiger partial charge is 0.494 e. The van der Waals surface area contributed by atoms with Gasteiger partial charge in [-0.2, -0.15) is 5.26 Å². The number of hydrogen-bond donors (Lipinski definition) is 1. The van der Waals surface area contributed by atoms with Gasteiger partial charge < -0.3 is 24.7 Å². The van der Waals surface area contributed by atoms with E-state index in [1.54, 1.807) is 30.3 Å². The number of nitrogens with zero attached hydrogens (tertiary/aromatic N) is 1. The third-order valence-electron chi connectivity index (χ3n) is 5.12. The van der Waals surface area contributed by atoms with Crippen molar-refractivity contribution in [2.45, 2.75) is 12.8 Å². The number of para-hydroxylation sites is 1. The van der Waals surface area contributed by atoms with Gasteiger partial charge >= 0.3 is 5.97 Å². The van der Waals surface area contributed by atoms with E-state index in [0.29, 0.717) is 29.4 Å². The van der Waals surface area contributed by atoms with E-state index in [9.17, 15) is 10.1 Å². The zero-order chi connectivity index (χ0) is 24.1. The van der Waals surface area contributed by atoms with Crippen LogP contribution < -0.4 is 24.7 Å². The van der Waals surface area contributed by atoms with Crippen LogP contribution in [0, 0.1) is 11.3 Å². The summed E-state index contributed by atoms with van der Waals surface area (Å²) in [6.45, 7) is 2.11. The molecule has 172 valence electrons. The van der Waals surface area contributed by atoms with Gasteiger partial charge in [0.05, 0.1) is 12.5 Å². The van der Waals surface area contributed by atoms with E-state index in [-0.39, 0.29) is 23.8 Å². The van der Waals surface area contributed by atoms with Crippen molar-refractivity contribution in [3.63, 3.8) is 0 Å². The van der Waals surface area contributed by atoms with Gasteiger partial charge in [0.15, 0.2) is 6.61 Å². The van der Waals surface area contributed by atoms with Crippen LogP contribution in [0.4, 0.5) is 0 Å². The van der Waals surface area contributed by atoms with E-state index in [1.807, 2.05) is 43.3 Å². The van der Waals surface area contributed by atoms with Gasteiger partial charge in [0.1, 0.15) is 34.6 Å². The second-order valence-corrected chi connectivity index (χ2v) is 8.23. The summed E-state index contributed by atoms with van der Waals surface area (Å²) in [4.78, 5) is 12.3. The third kappa shape index (κ3) is 5.00. The number of nitriles is 1. The normalized spacial score (nSPS) is 14.4. The molecule has 0 aliphatic carbocycles. The molecule has 7 nitrogen and oxygen atoms in total. The van der Waals surface area contributed by atoms with Crippen molar-refractivity contribution in [2.24, 2.45) is 5.73 Å². The smallest absolute Gasteiger partial charge is 0.349 e. The zero-order valence-electron chi connectivity index (χ0n) is 18.3. The lowest BCUT2D eigenvalue weighted by Gasteiger charge is -2.27. The van der Waals surface area contributed by atoms with Crippen LogP contribution in [0.25, 0.3) is 0 Å². The van der Waals surface area contributed by atoms with E-state index < -0.39 is 11.9 Å². The van der Waals surface area contributed by atoms with Crippen molar-refractivity contribution in [3.05, 3.63) is 93.8 Å². The van der Waals surface area contributed by atoms with Gasteiger partial charge in [-0.15, -0.1) is 0 Å². The summed E-state index contributed by atoms with van der Waals surface area (Å²) in [6.07, 6.45) is 0. The zero-order valence-corrected chi connectivity index (χ0v) is 19.9. The molecular weight excluding hydrogens is 500 g/mol. The summed E-state index contributed by atoms with van der Waals surface area (Å²) in [5, 5.41) is 9.79. The SMILES string of the molecule is CCOc1ccccc1C1C(C#N)=C(N)Oc2cc(OC(=O)COc3ccc(Br)cc3)ccc21. The van der Waals surface area contributed by atoms with Gasteiger partial charge in [0.25, 0.3) is 0 Å². The molecule has 3 aromatic carbocycles. The number of rotatable bonds is 7. The van der Waals surface area contributed by atoms with Crippen LogP contribution in [0.1, 0.15) is 24.0 Å². The second kappa shape index (κ2) is 10.3. The first-order valence-corrected chi connectivity index (χ1v) is 11.3. The summed E-state index contributed by atoms with van der Waals surface area (Å²) in [6, 6.07) is 21.7. The lowest BCUT2D eigenvalue weighted by Crippen LogP contribution is -2.22. The molecule has 1 heterocycles. The monoisotopic (exact) mass is 520 g/mol. The Labute approximate surface area is 205 Å². The van der Waals surface area contributed by atoms with Gasteiger partial charge in [-0.25, -0.2) is 4.79 Å². The van der Waals surface area contributed by atoms with Crippen molar-refractivity contribution in [1.29, 1.82) is 5.26 Å². The maximum absolute atomic E-state index is 12.3. The van der Waals surface area contributed by atoms with Crippen molar-refractivity contribution in [2.75, 3.05) is 13.2 Å². The van der Waals surface area contributed by atoms with Crippen molar-refractivity contribution < 1.29 is 23.7 Å². The number of hydrogen-bond acceptors (Lipinski definition) is 7. The molecule has 34 heavy (non-hydrogen) atoms. The molecule has 0 saturated carbocycles. The number of benzene rings is 3. The molecule has 4 rings (SSSR count). The third-order valence-corrected chi connectivity index (χ3v) is 5.65. The van der Waals surface area contributed by atoms with Crippen LogP contribution in [0.2, 0.25) is 0 Å². The number of carbonyl (C=O) groups excluding carboxylic acids is 1. The Kier molecular flexibility index (Phi) is 7.04. The highest BCUT2D eigenvalue weighted by Crippen LogP contribution is 2.45. The first kappa shape index (κ1) is 23.2. The van der Waals surface area contributed by atoms with Crippen LogP contribution in [0.15, 0.2) is 82.7 Å². The van der Waals surface area contributed by atoms with E-state index in [4.69, 9.17) is 24.7 Å². The Bertz CT molecular complexity index is 1280. The first-order chi connectivity index (χ1) is 16.5. The quantitative estimate of drug-likeness (QED) is 0.343. The Morgan fingerprint density at radius 3 is 2.53 bits per heavy atom. The number of nitrogens with two attached hydrogens (primary N) is 1. The summed E-state index contributed by atoms with van der Waals surface area (Å²) in [5.41, 5.74) is 7.88. The van der Waals surface area contributed by atoms with E-state index in [2.05, 4.69) is 22.0 Å². The Balaban J connectivity index is 1.57. The second-order valence-electron chi connectivity index (χ2n) is 7.31. The highest BCUT2D eigenvalue weighted by molar-refractivity contribution is 9.10. The Morgan fingerprint density at radius 1 is 1.06 bits per heavy atom. The van der Waals surface area contributed by atoms with E-state index in [1.165, 1.54) is 0 Å². The molecule has 0 spiro atoms. The molecule has 1 aliphatic rings. The van der Waals surface area contributed by atoms with Gasteiger partial charge in [-0.3, -0.25) is 0 Å². The molecule has 1 atom stereocenters. The number of ether oxygens (including phenoxy) is 4. The fourth-order valence-corrected chi connectivity index (χ4v) is 3.92. The van der Waals surface area contributed by atoms with Gasteiger partial charge in [-0.05, 0) is 43.3 Å². The minimum atomic E-state index is -0.571. The molecule has 8 heteroatoms. The fraction of sp³-hybridized carbons (Fsp3) is 0.154. The molecule has 1 aliphatic heterocycles. The number of fused-ring (bicyclic) bond motifs is 1. The topological polar surface area (TPSA) is 104 Å². The van der Waals surface area contributed by atoms with Crippen LogP contribution in [-0.2, 0) is 4.79 Å². The van der Waals surface area contributed by atoms with Crippen molar-refractivity contribution in [1.82, 2.24) is 0 Å². The van der Waals surface area contributed by atoms with Crippen LogP contribution >= 0.6 is 15.9 Å². The summed E-state index contributed by atoms with van der Waals surface area (Å²) in [5.74, 6) is 0.810. The van der Waals surface area contributed by atoms with Crippen LogP contribution in [0.5, 0.6) is 23.0 Å². The summed E-state index contributed by atoms with van der Waals surface area (Å²) in [7, 11) is 0. The average molecular weight is 521 g/mol. The average Bonchev–Trinajstić information content (AvgIpc) is 2.83. The molecule has 0 saturated heterocycles. The Hall–Kier alpha value is -3.96. The minimum Gasteiger partial charge on any atom is -0.494 e. The standard InChI is InChI=1S/C26H21BrN2O5/c1-2-31-22-6-4-3-5-19(22)25-20-12-11-18(13-23(20)34-26(29)21(25)14-28)33-24(30)15-32-17-9-7-16(27)8-10-17/h3-13,25H,2,15,29H2,1H3. The molecule has 0 bridgehead atoms. The van der Waals surface area contributed by atoms with Gasteiger partial charge in [-0.1, -0.05) is 40.2 Å². The molecular formula is C26H21BrN2O5. The van der Waals surface area contributed by atoms with E-state index >= 15 is 0 Å². The maximum atomic E-state index is 12.3. The molecule has 2 N–H and O–H groups in total. The molecule has 3 aromatic rings. The molecule has 0 radical (unpaired) electrons. The fourth-order valence-electron chi connectivity index (χ4n) is 3.66. The number of carbonyl (C=O) groups is 1. The molecule has 0 fully saturated rings. The van der Waals surface area contributed by atoms with Gasteiger partial charge in [0.2, 0.25) is 5.88 Å². The van der Waals surface area contributed by atoms with Crippen LogP contribution in [-0.4, -0.2) is 19.2 Å². The van der Waals surface area contributed by atoms with Crippen molar-refractivity contribution >= 4 is 21.9 Å². The van der Waals surface area contributed by atoms with Gasteiger partial charge in [0, 0.05) is 21.7 Å². The molecule has 0 aromatic heterocycles. The maximum Gasteiger partial charge on any atom is 0.349 e. The predicted octanol–water partition coefficient (Wildman–Crippen LogP) is 5.05. The van der Waals surface area contributed by atoms with Crippen molar-refractivity contribution in [3.8, 4) is 29.1 Å². The minimum absolute atomic E-state index is 0.00616. The first-order valence-electron chi connectivity index (χ1n) is 10.5. The summed E-state index contributed by atoms with van der Waals surface area (Å²) < 4.78 is 23.3. The van der Waals surface area contributed by atoms with E-state index in [0.717, 1.165) is 10.0 Å². The highest BCUT2D eigenvalue weighted by Gasteiger charge is 2.32. The highest BCUT2D eigenvalue weighted by atomic mass is 79.9. The number of halogens is 1. The number of allylic oxidation sites excluding steroid dienone is 1. The molecule has 0 amide bonds. The summed E-state index contributed by atoms with van der Waals surface area (Å²) >= 11 is 3.35. The lowest BCUT2D eigenvalue weighted by atomic mass is 9.83. The lowest BCUT2D eigenvalue weighted by molar-refractivity contribution is -0.136. The Morgan fingerprint density at radius 2 is 1.79 bits per heavy atom. The molecule has 1 unspecified atom stereocenters. The van der Waals surface area contributed by atoms with Crippen LogP contribution in [0.3, 0.4) is 0 Å².